The van der Waals surface area contributed by atoms with Crippen LogP contribution in [0, 0.1) is 174 Å². The molecule has 32 atom stereocenters. The molecule has 0 aromatic carbocycles. The number of ketones is 3. The van der Waals surface area contributed by atoms with Crippen LogP contribution >= 0.6 is 0 Å². The van der Waals surface area contributed by atoms with Gasteiger partial charge in [0.1, 0.15) is 23.8 Å². The summed E-state index contributed by atoms with van der Waals surface area (Å²) in [5.41, 5.74) is 11.8. The van der Waals surface area contributed by atoms with Gasteiger partial charge in [-0.1, -0.05) is 68.2 Å². The minimum Gasteiger partial charge on any atom is -0.481 e. The molecule has 18 saturated carbocycles. The van der Waals surface area contributed by atoms with Gasteiger partial charge in [0.15, 0.2) is 0 Å². The predicted octanol–water partition coefficient (Wildman–Crippen LogP) is 20.4. The van der Waals surface area contributed by atoms with Crippen molar-refractivity contribution in [2.45, 2.75) is 338 Å². The fraction of sp³-hybridized carbons (Fsp3) is 0.921. The lowest BCUT2D eigenvalue weighted by Gasteiger charge is -2.61. The Morgan fingerprint density at radius 3 is 1.11 bits per heavy atom. The number of ether oxygens (including phenoxy) is 2. The van der Waals surface area contributed by atoms with Gasteiger partial charge in [-0.25, -0.2) is 0 Å². The first-order chi connectivity index (χ1) is 47.6. The molecule has 0 aromatic rings. The van der Waals surface area contributed by atoms with Gasteiger partial charge in [0.05, 0.1) is 5.92 Å². The lowest BCUT2D eigenvalue weighted by molar-refractivity contribution is -0.163. The highest BCUT2D eigenvalue weighted by Gasteiger charge is 2.68. The molecule has 0 heterocycles. The maximum Gasteiger partial charge on any atom is 0.323 e. The van der Waals surface area contributed by atoms with Crippen molar-refractivity contribution in [1.29, 1.82) is 0 Å². The highest BCUT2D eigenvalue weighted by atomic mass is 16.5. The van der Waals surface area contributed by atoms with E-state index in [1.807, 2.05) is 0 Å². The van der Waals surface area contributed by atoms with Gasteiger partial charge in [0, 0.05) is 44.4 Å². The summed E-state index contributed by atoms with van der Waals surface area (Å²) in [4.78, 5) is 74.9. The third kappa shape index (κ3) is 11.6. The summed E-state index contributed by atoms with van der Waals surface area (Å²) in [6.45, 7) is 22.9. The van der Waals surface area contributed by atoms with Crippen LogP contribution in [0.2, 0.25) is 0 Å². The van der Waals surface area contributed by atoms with Crippen LogP contribution in [-0.4, -0.2) is 63.6 Å². The molecule has 18 aliphatic rings. The van der Waals surface area contributed by atoms with Gasteiger partial charge in [-0.3, -0.25) is 28.8 Å². The van der Waals surface area contributed by atoms with Crippen molar-refractivity contribution in [2.24, 2.45) is 174 Å². The largest absolute Gasteiger partial charge is 0.481 e. The van der Waals surface area contributed by atoms with E-state index in [9.17, 15) is 33.9 Å². The van der Waals surface area contributed by atoms with Crippen LogP contribution in [0.25, 0.3) is 5.53 Å². The molecular formula is C89H136N2O9. The third-order valence-electron chi connectivity index (χ3n) is 38.5. The number of carbonyl (C=O) groups is 6. The molecule has 0 aromatic heterocycles. The van der Waals surface area contributed by atoms with Crippen molar-refractivity contribution < 1.29 is 48.1 Å². The number of Topliss-reactive ketones (excluding diaryl/α,β-unsaturated/α-hetero) is 3. The minimum atomic E-state index is -0.574. The van der Waals surface area contributed by atoms with E-state index < -0.39 is 5.97 Å². The second-order valence-corrected chi connectivity index (χ2v) is 41.5. The van der Waals surface area contributed by atoms with E-state index in [1.54, 1.807) is 0 Å². The SMILES string of the molecule is CC(=O)O[C@H]1CC[C@]2(C)C3CC[C@@]4(C)C(CC[C@@H]4C(=O)C=[N+]=[N-])C3CC[C@H]2C1.CC(=O)O[C@H]1CC[C@]2(C)C3CC[C@@]4(C)C(CC[C@@H]4C(=O)O)C3CC[C@H]2C1.C[C@@H]1CC[C@]2(C)C3CC[C@]45CCC(=O)[C@H]4CCC5C3CC[C@H]2C1.C[C@H]1CC[C@]2(C)C3CC[C@]45CCC(=O)[C@H]4CCC5C3CC[C@H]2C1. The average Bonchev–Trinajstić information content (AvgIpc) is 1.49. The highest BCUT2D eigenvalue weighted by Crippen LogP contribution is 2.75. The summed E-state index contributed by atoms with van der Waals surface area (Å²) in [7, 11) is 0. The van der Waals surface area contributed by atoms with E-state index >= 15 is 0 Å². The van der Waals surface area contributed by atoms with Crippen LogP contribution in [0.15, 0.2) is 0 Å². The number of fused-ring (bicyclic) bond motifs is 18. The molecule has 2 spiro atoms. The molecule has 100 heavy (non-hydrogen) atoms. The Hall–Kier alpha value is -3.20. The zero-order chi connectivity index (χ0) is 70.4. The Morgan fingerprint density at radius 1 is 0.390 bits per heavy atom. The quantitative estimate of drug-likeness (QED) is 0.121. The number of nitrogens with zero attached hydrogens (tertiary/aromatic N) is 2. The van der Waals surface area contributed by atoms with Gasteiger partial charge in [0.2, 0.25) is 5.78 Å². The Labute approximate surface area is 603 Å². The van der Waals surface area contributed by atoms with Crippen molar-refractivity contribution in [2.75, 3.05) is 0 Å². The normalized spacial score (nSPS) is 53.1. The van der Waals surface area contributed by atoms with Gasteiger partial charge in [0.25, 0.3) is 0 Å². The molecule has 11 nitrogen and oxygen atoms in total. The van der Waals surface area contributed by atoms with E-state index in [0.717, 1.165) is 167 Å². The van der Waals surface area contributed by atoms with Crippen LogP contribution < -0.4 is 0 Å². The van der Waals surface area contributed by atoms with E-state index in [-0.39, 0.29) is 52.6 Å². The van der Waals surface area contributed by atoms with Crippen LogP contribution in [-0.2, 0) is 38.2 Å². The Balaban J connectivity index is 0.000000109. The van der Waals surface area contributed by atoms with Crippen LogP contribution in [0.3, 0.4) is 0 Å². The summed E-state index contributed by atoms with van der Waals surface area (Å²) in [5.74, 6) is 16.3. The highest BCUT2D eigenvalue weighted by molar-refractivity contribution is 6.26. The molecular weight excluding hydrogens is 1240 g/mol. The summed E-state index contributed by atoms with van der Waals surface area (Å²) in [6.07, 6.45) is 51.3. The van der Waals surface area contributed by atoms with Crippen LogP contribution in [0.4, 0.5) is 0 Å². The number of hydrogen-bond donors (Lipinski definition) is 1. The number of carboxylic acids is 1. The zero-order valence-electron chi connectivity index (χ0n) is 64.3. The summed E-state index contributed by atoms with van der Waals surface area (Å²) in [5, 5.41) is 9.71. The fourth-order valence-corrected chi connectivity index (χ4v) is 33.7. The molecule has 12 unspecified atom stereocenters. The molecule has 1 N–H and O–H groups in total. The summed E-state index contributed by atoms with van der Waals surface area (Å²) >= 11 is 0. The number of carbonyl (C=O) groups excluding carboxylic acids is 5. The Kier molecular flexibility index (Phi) is 19.5. The molecule has 18 aliphatic carbocycles. The van der Waals surface area contributed by atoms with Crippen molar-refractivity contribution >= 4 is 41.5 Å². The third-order valence-corrected chi connectivity index (χ3v) is 38.5. The van der Waals surface area contributed by atoms with E-state index in [2.05, 4.69) is 60.2 Å². The van der Waals surface area contributed by atoms with Gasteiger partial charge in [-0.2, -0.15) is 4.79 Å². The molecule has 556 valence electrons. The van der Waals surface area contributed by atoms with Gasteiger partial charge < -0.3 is 20.1 Å². The molecule has 0 bridgehead atoms. The maximum atomic E-state index is 12.5. The van der Waals surface area contributed by atoms with Crippen molar-refractivity contribution in [3.05, 3.63) is 5.53 Å². The summed E-state index contributed by atoms with van der Waals surface area (Å²) in [6, 6.07) is 0. The minimum absolute atomic E-state index is 0.00510. The topological polar surface area (TPSA) is 178 Å². The fourth-order valence-electron chi connectivity index (χ4n) is 33.7. The number of carboxylic acid groups (broad SMARTS) is 1. The monoisotopic (exact) mass is 1380 g/mol. The first kappa shape index (κ1) is 72.4. The number of rotatable bonds is 5. The zero-order valence-corrected chi connectivity index (χ0v) is 64.3. The molecule has 0 aliphatic heterocycles. The van der Waals surface area contributed by atoms with E-state index in [1.165, 1.54) is 181 Å². The van der Waals surface area contributed by atoms with Crippen molar-refractivity contribution in [3.63, 3.8) is 0 Å². The smallest absolute Gasteiger partial charge is 0.323 e. The van der Waals surface area contributed by atoms with Crippen LogP contribution in [0.5, 0.6) is 0 Å². The maximum absolute atomic E-state index is 12.5. The molecule has 0 saturated heterocycles. The molecule has 0 radical (unpaired) electrons. The Morgan fingerprint density at radius 2 is 0.720 bits per heavy atom. The van der Waals surface area contributed by atoms with Crippen molar-refractivity contribution in [1.82, 2.24) is 0 Å². The standard InChI is InChI=1S/C23H34N2O3.C22H34O4.2C22H34O/c1-14(26)28-16-8-10-22(2)15(12-16)4-5-17-18-6-7-20(21(27)13-25-24)23(18,3)11-9-19(17)22;1-13(23)26-15-8-10-21(2)14(12-15)4-5-16-17-6-7-19(20(24)25)22(17,3)11-9-18(16)21;2*1-14-7-10-21(2)15(13-14)3-4-16-17(21)8-11-22-12-9-20(23)19(22)6-5-18(16)22/h13,15-20H,4-12H2,1-3H3;14-19H,4-12H2,1-3H3,(H,24,25);2*14-19H,3-13H2,1-2H3/t15-,16-,17?,18?,19?,20+,22-,23-;14-,15-,16?,17?,18?,19+,21-,22-;14-,15+,16?,17?,18?,19-,21+,22-;14-,15-,16?,17?,18?,19+,21-,22+/m0010/s1. The first-order valence-electron chi connectivity index (χ1n) is 43.0. The molecule has 18 rings (SSSR count). The lowest BCUT2D eigenvalue weighted by atomic mass is 9.44. The molecule has 0 amide bonds. The lowest BCUT2D eigenvalue weighted by Crippen LogP contribution is -2.54. The Bertz CT molecular complexity index is 3100. The van der Waals surface area contributed by atoms with Gasteiger partial charge in [-0.05, 0) is 381 Å². The second-order valence-electron chi connectivity index (χ2n) is 41.5. The average molecular weight is 1380 g/mol. The number of esters is 2. The van der Waals surface area contributed by atoms with E-state index in [0.29, 0.717) is 91.4 Å². The number of hydrogen-bond acceptors (Lipinski definition) is 8. The molecule has 11 heteroatoms. The van der Waals surface area contributed by atoms with E-state index in [4.69, 9.17) is 15.0 Å². The summed E-state index contributed by atoms with van der Waals surface area (Å²) < 4.78 is 11.1. The van der Waals surface area contributed by atoms with Crippen molar-refractivity contribution in [3.8, 4) is 0 Å². The van der Waals surface area contributed by atoms with Crippen LogP contribution in [0.1, 0.15) is 326 Å². The predicted molar refractivity (Wildman–Crippen MR) is 390 cm³/mol. The first-order valence-corrected chi connectivity index (χ1v) is 43.0. The van der Waals surface area contributed by atoms with Gasteiger partial charge >= 0.3 is 24.1 Å². The number of aliphatic carboxylic acids is 1. The second kappa shape index (κ2) is 26.9. The van der Waals surface area contributed by atoms with Gasteiger partial charge in [-0.15, -0.1) is 0 Å². The molecule has 18 fully saturated rings.